The Morgan fingerprint density at radius 3 is 2.41 bits per heavy atom. The van der Waals surface area contributed by atoms with Crippen LogP contribution in [-0.4, -0.2) is 30.3 Å². The number of hydrogen-bond donors (Lipinski definition) is 0. The van der Waals surface area contributed by atoms with Crippen LogP contribution in [0.25, 0.3) is 0 Å². The summed E-state index contributed by atoms with van der Waals surface area (Å²) in [5.41, 5.74) is 1.22. The largest absolute Gasteiger partial charge is 0.298 e. The van der Waals surface area contributed by atoms with Gasteiger partial charge in [0.1, 0.15) is 5.82 Å². The Morgan fingerprint density at radius 1 is 1.35 bits per heavy atom. The highest BCUT2D eigenvalue weighted by molar-refractivity contribution is 5.89. The second-order valence-electron chi connectivity index (χ2n) is 5.12. The van der Waals surface area contributed by atoms with Gasteiger partial charge in [-0.25, -0.2) is 4.39 Å². The molecule has 0 N–H and O–H groups in total. The number of ketones is 1. The SMILES string of the molecule is Cc1cc(F)ccc1CC(=O)C(C)(C)N(C)C. The molecule has 1 aromatic carbocycles. The number of carbonyl (C=O) groups excluding carboxylic acids is 1. The molecule has 0 saturated heterocycles. The maximum atomic E-state index is 13.0. The van der Waals surface area contributed by atoms with Crippen molar-refractivity contribution in [3.05, 3.63) is 35.1 Å². The van der Waals surface area contributed by atoms with Gasteiger partial charge in [0.2, 0.25) is 0 Å². The van der Waals surface area contributed by atoms with Gasteiger partial charge in [0.25, 0.3) is 0 Å². The Bertz CT molecular complexity index is 424. The summed E-state index contributed by atoms with van der Waals surface area (Å²) in [4.78, 5) is 14.1. The minimum Gasteiger partial charge on any atom is -0.298 e. The van der Waals surface area contributed by atoms with E-state index < -0.39 is 5.54 Å². The molecule has 0 aliphatic heterocycles. The van der Waals surface area contributed by atoms with Crippen LogP contribution < -0.4 is 0 Å². The summed E-state index contributed by atoms with van der Waals surface area (Å²) in [6, 6.07) is 4.55. The molecule has 17 heavy (non-hydrogen) atoms. The molecule has 0 amide bonds. The van der Waals surface area contributed by atoms with Gasteiger partial charge in [0.05, 0.1) is 5.54 Å². The molecule has 3 heteroatoms. The zero-order valence-corrected chi connectivity index (χ0v) is 11.2. The van der Waals surface area contributed by atoms with Gasteiger partial charge in [0, 0.05) is 6.42 Å². The van der Waals surface area contributed by atoms with E-state index in [0.717, 1.165) is 11.1 Å². The monoisotopic (exact) mass is 237 g/mol. The molecule has 2 nitrogen and oxygen atoms in total. The van der Waals surface area contributed by atoms with Crippen LogP contribution in [0, 0.1) is 12.7 Å². The third-order valence-electron chi connectivity index (χ3n) is 3.46. The van der Waals surface area contributed by atoms with Crippen LogP contribution in [0.3, 0.4) is 0 Å². The average Bonchev–Trinajstić information content (AvgIpc) is 2.21. The molecule has 0 radical (unpaired) electrons. The van der Waals surface area contributed by atoms with Crippen molar-refractivity contribution in [1.29, 1.82) is 0 Å². The number of benzene rings is 1. The van der Waals surface area contributed by atoms with Crippen molar-refractivity contribution in [2.75, 3.05) is 14.1 Å². The molecule has 0 aliphatic rings. The summed E-state index contributed by atoms with van der Waals surface area (Å²) in [5.74, 6) is -0.122. The molecule has 0 fully saturated rings. The lowest BCUT2D eigenvalue weighted by Crippen LogP contribution is -2.46. The Labute approximate surface area is 102 Å². The van der Waals surface area contributed by atoms with Gasteiger partial charge in [-0.05, 0) is 58.1 Å². The minimum absolute atomic E-state index is 0.136. The Balaban J connectivity index is 2.89. The first kappa shape index (κ1) is 13.8. The number of carbonyl (C=O) groups is 1. The molecule has 1 rings (SSSR count). The van der Waals surface area contributed by atoms with Gasteiger partial charge in [-0.15, -0.1) is 0 Å². The van der Waals surface area contributed by atoms with Gasteiger partial charge in [-0.1, -0.05) is 6.07 Å². The van der Waals surface area contributed by atoms with Crippen molar-refractivity contribution in [3.63, 3.8) is 0 Å². The Morgan fingerprint density at radius 2 is 1.94 bits per heavy atom. The fraction of sp³-hybridized carbons (Fsp3) is 0.500. The van der Waals surface area contributed by atoms with Gasteiger partial charge >= 0.3 is 0 Å². The molecule has 0 saturated carbocycles. The summed E-state index contributed by atoms with van der Waals surface area (Å²) in [6.45, 7) is 5.62. The highest BCUT2D eigenvalue weighted by Gasteiger charge is 2.29. The van der Waals surface area contributed by atoms with Crippen molar-refractivity contribution in [3.8, 4) is 0 Å². The summed E-state index contributed by atoms with van der Waals surface area (Å²) >= 11 is 0. The van der Waals surface area contributed by atoms with E-state index in [9.17, 15) is 9.18 Å². The van der Waals surface area contributed by atoms with Crippen LogP contribution in [0.15, 0.2) is 18.2 Å². The Kier molecular flexibility index (Phi) is 4.04. The first-order valence-corrected chi connectivity index (χ1v) is 5.71. The number of halogens is 1. The lowest BCUT2D eigenvalue weighted by atomic mass is 9.91. The number of aryl methyl sites for hydroxylation is 1. The molecular weight excluding hydrogens is 217 g/mol. The molecule has 0 spiro atoms. The van der Waals surface area contributed by atoms with Gasteiger partial charge in [-0.3, -0.25) is 9.69 Å². The average molecular weight is 237 g/mol. The molecule has 0 aromatic heterocycles. The van der Waals surface area contributed by atoms with Crippen LogP contribution in [0.4, 0.5) is 4.39 Å². The second kappa shape index (κ2) is 4.96. The summed E-state index contributed by atoms with van der Waals surface area (Å²) < 4.78 is 13.0. The van der Waals surface area contributed by atoms with E-state index in [1.54, 1.807) is 6.07 Å². The fourth-order valence-electron chi connectivity index (χ4n) is 1.50. The molecule has 94 valence electrons. The minimum atomic E-state index is -0.499. The van der Waals surface area contributed by atoms with E-state index in [2.05, 4.69) is 0 Å². The predicted molar refractivity (Wildman–Crippen MR) is 67.6 cm³/mol. The third-order valence-corrected chi connectivity index (χ3v) is 3.46. The highest BCUT2D eigenvalue weighted by atomic mass is 19.1. The number of likely N-dealkylation sites (N-methyl/N-ethyl adjacent to an activating group) is 1. The number of Topliss-reactive ketones (excluding diaryl/α,β-unsaturated/α-hetero) is 1. The molecular formula is C14H20FNO. The summed E-state index contributed by atoms with van der Waals surface area (Å²) in [7, 11) is 3.77. The normalized spacial score (nSPS) is 11.9. The fourth-order valence-corrected chi connectivity index (χ4v) is 1.50. The number of rotatable bonds is 4. The van der Waals surface area contributed by atoms with E-state index in [4.69, 9.17) is 0 Å². The maximum absolute atomic E-state index is 13.0. The third kappa shape index (κ3) is 3.13. The topological polar surface area (TPSA) is 20.3 Å². The van der Waals surface area contributed by atoms with Gasteiger partial charge < -0.3 is 0 Å². The van der Waals surface area contributed by atoms with Crippen molar-refractivity contribution in [2.24, 2.45) is 0 Å². The van der Waals surface area contributed by atoms with E-state index in [1.807, 2.05) is 39.8 Å². The molecule has 0 heterocycles. The van der Waals surface area contributed by atoms with E-state index >= 15 is 0 Å². The molecule has 0 aliphatic carbocycles. The van der Waals surface area contributed by atoms with E-state index in [1.165, 1.54) is 12.1 Å². The van der Waals surface area contributed by atoms with E-state index in [0.29, 0.717) is 6.42 Å². The zero-order chi connectivity index (χ0) is 13.2. The Hall–Kier alpha value is -1.22. The van der Waals surface area contributed by atoms with Crippen LogP contribution in [0.1, 0.15) is 25.0 Å². The quantitative estimate of drug-likeness (QED) is 0.802. The molecule has 0 atom stereocenters. The van der Waals surface area contributed by atoms with Crippen molar-refractivity contribution >= 4 is 5.78 Å². The maximum Gasteiger partial charge on any atom is 0.156 e. The van der Waals surface area contributed by atoms with Crippen molar-refractivity contribution in [2.45, 2.75) is 32.7 Å². The van der Waals surface area contributed by atoms with Gasteiger partial charge in [-0.2, -0.15) is 0 Å². The van der Waals surface area contributed by atoms with Crippen LogP contribution in [-0.2, 0) is 11.2 Å². The number of nitrogens with zero attached hydrogens (tertiary/aromatic N) is 1. The van der Waals surface area contributed by atoms with Crippen LogP contribution in [0.2, 0.25) is 0 Å². The molecule has 0 unspecified atom stereocenters. The van der Waals surface area contributed by atoms with E-state index in [-0.39, 0.29) is 11.6 Å². The summed E-state index contributed by atoms with van der Waals surface area (Å²) in [6.07, 6.45) is 0.345. The van der Waals surface area contributed by atoms with Crippen molar-refractivity contribution < 1.29 is 9.18 Å². The standard InChI is InChI=1S/C14H20FNO/c1-10-8-12(15)7-6-11(10)9-13(17)14(2,3)16(4)5/h6-8H,9H2,1-5H3. The molecule has 0 bridgehead atoms. The van der Waals surface area contributed by atoms with Gasteiger partial charge in [0.15, 0.2) is 5.78 Å². The summed E-state index contributed by atoms with van der Waals surface area (Å²) in [5, 5.41) is 0. The van der Waals surface area contributed by atoms with Crippen molar-refractivity contribution in [1.82, 2.24) is 4.90 Å². The first-order valence-electron chi connectivity index (χ1n) is 5.71. The lowest BCUT2D eigenvalue weighted by Gasteiger charge is -2.31. The first-order chi connectivity index (χ1) is 7.75. The number of hydrogen-bond acceptors (Lipinski definition) is 2. The lowest BCUT2D eigenvalue weighted by molar-refractivity contribution is -0.127. The second-order valence-corrected chi connectivity index (χ2v) is 5.12. The zero-order valence-electron chi connectivity index (χ0n) is 11.2. The van der Waals surface area contributed by atoms with Crippen LogP contribution in [0.5, 0.6) is 0 Å². The van der Waals surface area contributed by atoms with Crippen LogP contribution >= 0.6 is 0 Å². The highest BCUT2D eigenvalue weighted by Crippen LogP contribution is 2.17. The smallest absolute Gasteiger partial charge is 0.156 e. The molecule has 1 aromatic rings. The predicted octanol–water partition coefficient (Wildman–Crippen LogP) is 2.59.